The third-order valence-electron chi connectivity index (χ3n) is 2.65. The zero-order valence-electron chi connectivity index (χ0n) is 11.8. The second-order valence-corrected chi connectivity index (χ2v) is 4.52. The van der Waals surface area contributed by atoms with Crippen LogP contribution in [0.3, 0.4) is 0 Å². The molecule has 20 heavy (non-hydrogen) atoms. The van der Waals surface area contributed by atoms with Gasteiger partial charge in [0.2, 0.25) is 0 Å². The van der Waals surface area contributed by atoms with E-state index < -0.39 is 6.10 Å². The summed E-state index contributed by atoms with van der Waals surface area (Å²) in [5.74, 6) is 0.105. The van der Waals surface area contributed by atoms with Crippen LogP contribution in [0.2, 0.25) is 0 Å². The smallest absolute Gasteiger partial charge is 0.124 e. The third kappa shape index (κ3) is 5.83. The molecular weight excluding hydrogens is 265 g/mol. The Morgan fingerprint density at radius 1 is 1.30 bits per heavy atom. The van der Waals surface area contributed by atoms with E-state index in [0.717, 1.165) is 0 Å². The molecule has 1 rings (SSSR count). The summed E-state index contributed by atoms with van der Waals surface area (Å²) in [7, 11) is 1.59. The van der Waals surface area contributed by atoms with Gasteiger partial charge in [-0.2, -0.15) is 0 Å². The molecule has 0 aliphatic carbocycles. The lowest BCUT2D eigenvalue weighted by Crippen LogP contribution is -2.27. The van der Waals surface area contributed by atoms with Crippen molar-refractivity contribution in [3.63, 3.8) is 0 Å². The third-order valence-corrected chi connectivity index (χ3v) is 2.65. The molecule has 0 aliphatic heterocycles. The van der Waals surface area contributed by atoms with Gasteiger partial charge in [-0.15, -0.1) is 0 Å². The van der Waals surface area contributed by atoms with Crippen molar-refractivity contribution in [3.8, 4) is 5.75 Å². The number of nitrogens with two attached hydrogens (primary N) is 1. The monoisotopic (exact) mass is 287 g/mol. The number of methoxy groups -OCH3 is 1. The fourth-order valence-corrected chi connectivity index (χ4v) is 1.64. The van der Waals surface area contributed by atoms with E-state index in [-0.39, 0.29) is 31.7 Å². The minimum absolute atomic E-state index is 0.0539. The number of hydrogen-bond acceptors (Lipinski definition) is 5. The van der Waals surface area contributed by atoms with E-state index in [4.69, 9.17) is 19.9 Å². The summed E-state index contributed by atoms with van der Waals surface area (Å²) in [6.07, 6.45) is -0.870. The van der Waals surface area contributed by atoms with Crippen LogP contribution >= 0.6 is 0 Å². The lowest BCUT2D eigenvalue weighted by Gasteiger charge is -2.17. The number of hydrogen-bond donors (Lipinski definition) is 2. The molecule has 0 radical (unpaired) electrons. The van der Waals surface area contributed by atoms with Crippen molar-refractivity contribution in [1.82, 2.24) is 0 Å². The standard InChI is InChI=1S/C14H22FNO4/c1-10(7-18-2)19-8-13(17)9-20-14-4-3-12(15)5-11(14)6-16/h3-5,10,13,17H,6-9,16H2,1-2H3. The van der Waals surface area contributed by atoms with Gasteiger partial charge in [-0.3, -0.25) is 0 Å². The minimum atomic E-state index is -0.773. The van der Waals surface area contributed by atoms with Crippen LogP contribution in [0, 0.1) is 5.82 Å². The Balaban J connectivity index is 2.39. The second-order valence-electron chi connectivity index (χ2n) is 4.52. The van der Waals surface area contributed by atoms with E-state index in [1.807, 2.05) is 6.92 Å². The summed E-state index contributed by atoms with van der Waals surface area (Å²) in [5.41, 5.74) is 6.07. The van der Waals surface area contributed by atoms with Gasteiger partial charge in [0.15, 0.2) is 0 Å². The molecule has 0 fully saturated rings. The SMILES string of the molecule is COCC(C)OCC(O)COc1ccc(F)cc1CN. The highest BCUT2D eigenvalue weighted by atomic mass is 19.1. The fourth-order valence-electron chi connectivity index (χ4n) is 1.64. The maximum Gasteiger partial charge on any atom is 0.124 e. The summed E-state index contributed by atoms with van der Waals surface area (Å²) >= 11 is 0. The maximum atomic E-state index is 13.0. The molecule has 2 unspecified atom stereocenters. The van der Waals surface area contributed by atoms with E-state index in [1.165, 1.54) is 18.2 Å². The van der Waals surface area contributed by atoms with Gasteiger partial charge in [0.05, 0.1) is 19.3 Å². The van der Waals surface area contributed by atoms with Gasteiger partial charge in [0, 0.05) is 19.2 Å². The van der Waals surface area contributed by atoms with Crippen LogP contribution in [0.4, 0.5) is 4.39 Å². The number of ether oxygens (including phenoxy) is 3. The maximum absolute atomic E-state index is 13.0. The number of halogens is 1. The van der Waals surface area contributed by atoms with Gasteiger partial charge in [-0.25, -0.2) is 4.39 Å². The molecule has 6 heteroatoms. The van der Waals surface area contributed by atoms with Crippen molar-refractivity contribution in [2.45, 2.75) is 25.7 Å². The average molecular weight is 287 g/mol. The highest BCUT2D eigenvalue weighted by molar-refractivity contribution is 5.33. The summed E-state index contributed by atoms with van der Waals surface area (Å²) in [5, 5.41) is 9.75. The first-order valence-corrected chi connectivity index (χ1v) is 6.46. The highest BCUT2D eigenvalue weighted by Gasteiger charge is 2.11. The Hall–Kier alpha value is -1.21. The van der Waals surface area contributed by atoms with Crippen molar-refractivity contribution in [1.29, 1.82) is 0 Å². The van der Waals surface area contributed by atoms with Crippen LogP contribution in [-0.4, -0.2) is 44.2 Å². The van der Waals surface area contributed by atoms with Gasteiger partial charge in [-0.05, 0) is 25.1 Å². The lowest BCUT2D eigenvalue weighted by molar-refractivity contribution is -0.0423. The molecule has 3 N–H and O–H groups in total. The van der Waals surface area contributed by atoms with Gasteiger partial charge in [-0.1, -0.05) is 0 Å². The summed E-state index contributed by atoms with van der Waals surface area (Å²) in [4.78, 5) is 0. The topological polar surface area (TPSA) is 73.9 Å². The van der Waals surface area contributed by atoms with E-state index in [0.29, 0.717) is 17.9 Å². The van der Waals surface area contributed by atoms with Crippen LogP contribution in [-0.2, 0) is 16.0 Å². The molecule has 0 aromatic heterocycles. The largest absolute Gasteiger partial charge is 0.490 e. The van der Waals surface area contributed by atoms with E-state index in [9.17, 15) is 9.50 Å². The molecule has 114 valence electrons. The molecule has 0 bridgehead atoms. The van der Waals surface area contributed by atoms with Crippen molar-refractivity contribution in [3.05, 3.63) is 29.6 Å². The Labute approximate surface area is 118 Å². The number of rotatable bonds is 9. The van der Waals surface area contributed by atoms with Crippen LogP contribution in [0.1, 0.15) is 12.5 Å². The average Bonchev–Trinajstić information content (AvgIpc) is 2.44. The van der Waals surface area contributed by atoms with E-state index in [2.05, 4.69) is 0 Å². The first-order chi connectivity index (χ1) is 9.56. The van der Waals surface area contributed by atoms with Gasteiger partial charge in [0.1, 0.15) is 24.3 Å². The summed E-state index contributed by atoms with van der Waals surface area (Å²) in [6.45, 7) is 2.68. The lowest BCUT2D eigenvalue weighted by atomic mass is 10.2. The Morgan fingerprint density at radius 2 is 2.05 bits per heavy atom. The molecule has 0 saturated carbocycles. The van der Waals surface area contributed by atoms with Crippen molar-refractivity contribution < 1.29 is 23.7 Å². The Kier molecular flexibility index (Phi) is 7.46. The number of aliphatic hydroxyl groups excluding tert-OH is 1. The predicted octanol–water partition coefficient (Wildman–Crippen LogP) is 1.08. The fraction of sp³-hybridized carbons (Fsp3) is 0.571. The molecule has 0 saturated heterocycles. The quantitative estimate of drug-likeness (QED) is 0.711. The van der Waals surface area contributed by atoms with E-state index in [1.54, 1.807) is 7.11 Å². The normalized spacial score (nSPS) is 14.1. The second kappa shape index (κ2) is 8.86. The Bertz CT molecular complexity index is 403. The van der Waals surface area contributed by atoms with Crippen LogP contribution < -0.4 is 10.5 Å². The van der Waals surface area contributed by atoms with Gasteiger partial charge >= 0.3 is 0 Å². The number of benzene rings is 1. The molecular formula is C14H22FNO4. The number of aliphatic hydroxyl groups is 1. The van der Waals surface area contributed by atoms with Crippen molar-refractivity contribution in [2.75, 3.05) is 26.9 Å². The zero-order chi connectivity index (χ0) is 15.0. The zero-order valence-corrected chi connectivity index (χ0v) is 11.8. The molecule has 2 atom stereocenters. The summed E-state index contributed by atoms with van der Waals surface area (Å²) < 4.78 is 28.7. The van der Waals surface area contributed by atoms with Gasteiger partial charge in [0.25, 0.3) is 0 Å². The first-order valence-electron chi connectivity index (χ1n) is 6.46. The predicted molar refractivity (Wildman–Crippen MR) is 73.1 cm³/mol. The highest BCUT2D eigenvalue weighted by Crippen LogP contribution is 2.19. The minimum Gasteiger partial charge on any atom is -0.490 e. The van der Waals surface area contributed by atoms with Crippen LogP contribution in [0.5, 0.6) is 5.75 Å². The molecule has 0 heterocycles. The molecule has 1 aromatic carbocycles. The Morgan fingerprint density at radius 3 is 2.70 bits per heavy atom. The molecule has 0 aliphatic rings. The van der Waals surface area contributed by atoms with Crippen LogP contribution in [0.15, 0.2) is 18.2 Å². The van der Waals surface area contributed by atoms with Crippen molar-refractivity contribution >= 4 is 0 Å². The molecule has 5 nitrogen and oxygen atoms in total. The molecule has 0 spiro atoms. The molecule has 1 aromatic rings. The first kappa shape index (κ1) is 16.8. The summed E-state index contributed by atoms with van der Waals surface area (Å²) in [6, 6.07) is 4.11. The van der Waals surface area contributed by atoms with Crippen molar-refractivity contribution in [2.24, 2.45) is 5.73 Å². The molecule has 0 amide bonds. The van der Waals surface area contributed by atoms with E-state index >= 15 is 0 Å². The van der Waals surface area contributed by atoms with Gasteiger partial charge < -0.3 is 25.1 Å². The van der Waals surface area contributed by atoms with Crippen LogP contribution in [0.25, 0.3) is 0 Å².